The van der Waals surface area contributed by atoms with Gasteiger partial charge in [0.25, 0.3) is 0 Å². The molecule has 0 aromatic heterocycles. The molecule has 0 saturated carbocycles. The van der Waals surface area contributed by atoms with Crippen molar-refractivity contribution < 1.29 is 14.6 Å². The van der Waals surface area contributed by atoms with Gasteiger partial charge in [-0.25, -0.2) is 4.79 Å². The second kappa shape index (κ2) is 6.83. The van der Waals surface area contributed by atoms with Gasteiger partial charge in [-0.15, -0.1) is 0 Å². The minimum absolute atomic E-state index is 0.127. The molecule has 3 N–H and O–H groups in total. The van der Waals surface area contributed by atoms with E-state index in [0.29, 0.717) is 12.2 Å². The number of hydrogen-bond acceptors (Lipinski definition) is 4. The quantitative estimate of drug-likeness (QED) is 0.752. The fourth-order valence-corrected chi connectivity index (χ4v) is 1.33. The van der Waals surface area contributed by atoms with Gasteiger partial charge >= 0.3 is 5.97 Å². The molecule has 1 aromatic rings. The number of benzene rings is 1. The standard InChI is InChI=1S/C13H17NO3/c1-2-17-13(16)12-6-4-3-5-10(12)7-8-11(14)9-15/h3-8,11,15H,2,9,14H2,1H3. The van der Waals surface area contributed by atoms with Crippen molar-refractivity contribution in [1.82, 2.24) is 0 Å². The normalized spacial score (nSPS) is 12.6. The third-order valence-electron chi connectivity index (χ3n) is 2.19. The summed E-state index contributed by atoms with van der Waals surface area (Å²) in [5, 5.41) is 8.81. The summed E-state index contributed by atoms with van der Waals surface area (Å²) in [7, 11) is 0. The van der Waals surface area contributed by atoms with Crippen molar-refractivity contribution in [1.29, 1.82) is 0 Å². The maximum absolute atomic E-state index is 11.6. The van der Waals surface area contributed by atoms with Gasteiger partial charge in [-0.3, -0.25) is 0 Å². The Bertz CT molecular complexity index is 401. The summed E-state index contributed by atoms with van der Waals surface area (Å²) in [6, 6.07) is 6.67. The van der Waals surface area contributed by atoms with Gasteiger partial charge in [0.1, 0.15) is 0 Å². The molecule has 1 unspecified atom stereocenters. The van der Waals surface area contributed by atoms with E-state index in [-0.39, 0.29) is 12.6 Å². The Morgan fingerprint density at radius 2 is 2.24 bits per heavy atom. The molecule has 1 atom stereocenters. The molecule has 0 spiro atoms. The Labute approximate surface area is 101 Å². The second-order valence-corrected chi connectivity index (χ2v) is 3.51. The van der Waals surface area contributed by atoms with E-state index in [4.69, 9.17) is 15.6 Å². The molecular formula is C13H17NO3. The van der Waals surface area contributed by atoms with Crippen LogP contribution in [0.5, 0.6) is 0 Å². The van der Waals surface area contributed by atoms with Crippen molar-refractivity contribution in [2.75, 3.05) is 13.2 Å². The number of hydrogen-bond donors (Lipinski definition) is 2. The largest absolute Gasteiger partial charge is 0.462 e. The fourth-order valence-electron chi connectivity index (χ4n) is 1.33. The Hall–Kier alpha value is -1.65. The van der Waals surface area contributed by atoms with Gasteiger partial charge < -0.3 is 15.6 Å². The van der Waals surface area contributed by atoms with Crippen LogP contribution in [0.4, 0.5) is 0 Å². The van der Waals surface area contributed by atoms with E-state index >= 15 is 0 Å². The predicted molar refractivity (Wildman–Crippen MR) is 66.5 cm³/mol. The maximum atomic E-state index is 11.6. The van der Waals surface area contributed by atoms with Gasteiger partial charge in [0.15, 0.2) is 0 Å². The molecule has 0 aliphatic rings. The molecule has 0 radical (unpaired) electrons. The fraction of sp³-hybridized carbons (Fsp3) is 0.308. The molecule has 92 valence electrons. The number of ether oxygens (including phenoxy) is 1. The van der Waals surface area contributed by atoms with E-state index in [1.54, 1.807) is 37.3 Å². The third kappa shape index (κ3) is 4.01. The summed E-state index contributed by atoms with van der Waals surface area (Å²) in [6.07, 6.45) is 3.37. The van der Waals surface area contributed by atoms with E-state index in [1.165, 1.54) is 0 Å². The summed E-state index contributed by atoms with van der Waals surface area (Å²) in [6.45, 7) is 1.98. The summed E-state index contributed by atoms with van der Waals surface area (Å²) in [5.41, 5.74) is 6.78. The van der Waals surface area contributed by atoms with E-state index in [2.05, 4.69) is 0 Å². The van der Waals surface area contributed by atoms with Crippen LogP contribution in [-0.2, 0) is 4.74 Å². The Morgan fingerprint density at radius 3 is 2.88 bits per heavy atom. The second-order valence-electron chi connectivity index (χ2n) is 3.51. The zero-order valence-corrected chi connectivity index (χ0v) is 9.80. The monoisotopic (exact) mass is 235 g/mol. The molecule has 0 amide bonds. The molecule has 1 aromatic carbocycles. The Morgan fingerprint density at radius 1 is 1.53 bits per heavy atom. The van der Waals surface area contributed by atoms with Crippen LogP contribution in [0.2, 0.25) is 0 Å². The number of carbonyl (C=O) groups is 1. The molecule has 0 fully saturated rings. The van der Waals surface area contributed by atoms with Crippen molar-refractivity contribution in [3.8, 4) is 0 Å². The SMILES string of the molecule is CCOC(=O)c1ccccc1C=CC(N)CO. The van der Waals surface area contributed by atoms with E-state index < -0.39 is 6.04 Å². The molecule has 0 heterocycles. The summed E-state index contributed by atoms with van der Waals surface area (Å²) in [4.78, 5) is 11.6. The minimum atomic E-state index is -0.426. The Balaban J connectivity index is 2.92. The molecule has 4 nitrogen and oxygen atoms in total. The number of esters is 1. The first-order chi connectivity index (χ1) is 8.19. The number of nitrogens with two attached hydrogens (primary N) is 1. The van der Waals surface area contributed by atoms with Gasteiger partial charge in [-0.05, 0) is 18.6 Å². The van der Waals surface area contributed by atoms with Crippen LogP contribution in [0.25, 0.3) is 6.08 Å². The lowest BCUT2D eigenvalue weighted by atomic mass is 10.1. The van der Waals surface area contributed by atoms with Gasteiger partial charge in [0, 0.05) is 6.04 Å². The highest BCUT2D eigenvalue weighted by Crippen LogP contribution is 2.12. The average molecular weight is 235 g/mol. The maximum Gasteiger partial charge on any atom is 0.338 e. The molecular weight excluding hydrogens is 218 g/mol. The molecule has 17 heavy (non-hydrogen) atoms. The topological polar surface area (TPSA) is 72.5 Å². The predicted octanol–water partition coefficient (Wildman–Crippen LogP) is 1.20. The highest BCUT2D eigenvalue weighted by atomic mass is 16.5. The van der Waals surface area contributed by atoms with E-state index in [0.717, 1.165) is 5.56 Å². The van der Waals surface area contributed by atoms with Crippen LogP contribution in [-0.4, -0.2) is 30.3 Å². The smallest absolute Gasteiger partial charge is 0.338 e. The van der Waals surface area contributed by atoms with Crippen molar-refractivity contribution in [2.45, 2.75) is 13.0 Å². The van der Waals surface area contributed by atoms with Crippen molar-refractivity contribution in [3.63, 3.8) is 0 Å². The van der Waals surface area contributed by atoms with Crippen LogP contribution < -0.4 is 5.73 Å². The van der Waals surface area contributed by atoms with Crippen molar-refractivity contribution >= 4 is 12.0 Å². The highest BCUT2D eigenvalue weighted by molar-refractivity contribution is 5.93. The van der Waals surface area contributed by atoms with Crippen LogP contribution in [0.15, 0.2) is 30.3 Å². The first-order valence-electron chi connectivity index (χ1n) is 5.49. The Kier molecular flexibility index (Phi) is 5.39. The first kappa shape index (κ1) is 13.4. The zero-order chi connectivity index (χ0) is 12.7. The summed E-state index contributed by atoms with van der Waals surface area (Å²) in [5.74, 6) is -0.356. The molecule has 0 aliphatic carbocycles. The minimum Gasteiger partial charge on any atom is -0.462 e. The molecule has 0 aliphatic heterocycles. The van der Waals surface area contributed by atoms with E-state index in [9.17, 15) is 4.79 Å². The third-order valence-corrected chi connectivity index (χ3v) is 2.19. The molecule has 0 saturated heterocycles. The van der Waals surface area contributed by atoms with Gasteiger partial charge in [-0.2, -0.15) is 0 Å². The molecule has 0 bridgehead atoms. The van der Waals surface area contributed by atoms with Crippen molar-refractivity contribution in [2.24, 2.45) is 5.73 Å². The van der Waals surface area contributed by atoms with Crippen LogP contribution in [0.1, 0.15) is 22.8 Å². The molecule has 1 rings (SSSR count). The van der Waals surface area contributed by atoms with Crippen LogP contribution in [0.3, 0.4) is 0 Å². The number of rotatable bonds is 5. The summed E-state index contributed by atoms with van der Waals surface area (Å²) >= 11 is 0. The lowest BCUT2D eigenvalue weighted by Gasteiger charge is -2.06. The average Bonchev–Trinajstić information content (AvgIpc) is 2.36. The van der Waals surface area contributed by atoms with Crippen molar-refractivity contribution in [3.05, 3.63) is 41.5 Å². The lowest BCUT2D eigenvalue weighted by molar-refractivity contribution is 0.0526. The van der Waals surface area contributed by atoms with Gasteiger partial charge in [-0.1, -0.05) is 30.4 Å². The lowest BCUT2D eigenvalue weighted by Crippen LogP contribution is -2.20. The van der Waals surface area contributed by atoms with Crippen LogP contribution in [0, 0.1) is 0 Å². The number of aliphatic hydroxyl groups excluding tert-OH is 1. The van der Waals surface area contributed by atoms with Crippen LogP contribution >= 0.6 is 0 Å². The zero-order valence-electron chi connectivity index (χ0n) is 9.80. The first-order valence-corrected chi connectivity index (χ1v) is 5.49. The van der Waals surface area contributed by atoms with E-state index in [1.807, 2.05) is 6.07 Å². The number of carbonyl (C=O) groups excluding carboxylic acids is 1. The molecule has 4 heteroatoms. The highest BCUT2D eigenvalue weighted by Gasteiger charge is 2.09. The number of aliphatic hydroxyl groups is 1. The summed E-state index contributed by atoms with van der Waals surface area (Å²) < 4.78 is 4.95. The van der Waals surface area contributed by atoms with Gasteiger partial charge in [0.05, 0.1) is 18.8 Å². The van der Waals surface area contributed by atoms with Gasteiger partial charge in [0.2, 0.25) is 0 Å².